The summed E-state index contributed by atoms with van der Waals surface area (Å²) in [7, 11) is 0. The van der Waals surface area contributed by atoms with Crippen molar-refractivity contribution >= 4 is 11.7 Å². The van der Waals surface area contributed by atoms with Crippen LogP contribution in [0.2, 0.25) is 0 Å². The Morgan fingerprint density at radius 3 is 2.95 bits per heavy atom. The fraction of sp³-hybridized carbons (Fsp3) is 0.286. The average molecular weight is 274 g/mol. The summed E-state index contributed by atoms with van der Waals surface area (Å²) in [6.07, 6.45) is 2.49. The number of hydrogen-bond donors (Lipinski definition) is 3. The molecule has 1 amide bonds. The molecule has 1 heterocycles. The summed E-state index contributed by atoms with van der Waals surface area (Å²) >= 11 is 0. The van der Waals surface area contributed by atoms with Gasteiger partial charge in [0.05, 0.1) is 6.20 Å². The molecule has 0 unspecified atom stereocenters. The fourth-order valence-electron chi connectivity index (χ4n) is 1.82. The van der Waals surface area contributed by atoms with Gasteiger partial charge >= 0.3 is 0 Å². The van der Waals surface area contributed by atoms with Crippen molar-refractivity contribution in [3.8, 4) is 5.75 Å². The molecule has 0 aliphatic carbocycles. The molecule has 0 aliphatic rings. The number of ether oxygens (including phenoxy) is 1. The van der Waals surface area contributed by atoms with Crippen molar-refractivity contribution in [1.82, 2.24) is 10.2 Å². The zero-order valence-corrected chi connectivity index (χ0v) is 11.3. The van der Waals surface area contributed by atoms with Gasteiger partial charge in [0.2, 0.25) is 0 Å². The molecular weight excluding hydrogens is 256 g/mol. The van der Waals surface area contributed by atoms with Gasteiger partial charge in [0.25, 0.3) is 5.91 Å². The number of rotatable bonds is 6. The predicted octanol–water partition coefficient (Wildman–Crippen LogP) is 1.45. The zero-order chi connectivity index (χ0) is 14.4. The number of para-hydroxylation sites is 1. The van der Waals surface area contributed by atoms with Crippen LogP contribution in [0.4, 0.5) is 5.82 Å². The Labute approximate surface area is 117 Å². The molecule has 2 rings (SSSR count). The van der Waals surface area contributed by atoms with Gasteiger partial charge in [-0.2, -0.15) is 5.10 Å². The predicted molar refractivity (Wildman–Crippen MR) is 76.4 cm³/mol. The van der Waals surface area contributed by atoms with Gasteiger partial charge in [0, 0.05) is 17.7 Å². The summed E-state index contributed by atoms with van der Waals surface area (Å²) in [6, 6.07) is 7.39. The van der Waals surface area contributed by atoms with Crippen molar-refractivity contribution < 1.29 is 9.53 Å². The van der Waals surface area contributed by atoms with Gasteiger partial charge in [0.1, 0.15) is 11.6 Å². The molecule has 20 heavy (non-hydrogen) atoms. The number of hydrogen-bond acceptors (Lipinski definition) is 4. The molecule has 0 fully saturated rings. The SMILES string of the molecule is CCc1cn[nH]c1NC(=O)COc1ccccc1CN. The normalized spacial score (nSPS) is 10.3. The van der Waals surface area contributed by atoms with E-state index in [1.165, 1.54) is 0 Å². The first kappa shape index (κ1) is 14.1. The first-order chi connectivity index (χ1) is 9.74. The van der Waals surface area contributed by atoms with Crippen molar-refractivity contribution in [2.75, 3.05) is 11.9 Å². The van der Waals surface area contributed by atoms with E-state index in [9.17, 15) is 4.79 Å². The van der Waals surface area contributed by atoms with Gasteiger partial charge in [-0.1, -0.05) is 25.1 Å². The summed E-state index contributed by atoms with van der Waals surface area (Å²) in [5.41, 5.74) is 7.44. The molecule has 0 spiro atoms. The lowest BCUT2D eigenvalue weighted by Gasteiger charge is -2.10. The number of carbonyl (C=O) groups is 1. The maximum atomic E-state index is 11.8. The molecule has 0 radical (unpaired) electrons. The Balaban J connectivity index is 1.92. The molecule has 0 saturated carbocycles. The van der Waals surface area contributed by atoms with Gasteiger partial charge in [-0.25, -0.2) is 0 Å². The van der Waals surface area contributed by atoms with E-state index in [1.54, 1.807) is 12.3 Å². The summed E-state index contributed by atoms with van der Waals surface area (Å²) in [4.78, 5) is 11.8. The smallest absolute Gasteiger partial charge is 0.263 e. The highest BCUT2D eigenvalue weighted by Crippen LogP contribution is 2.17. The van der Waals surface area contributed by atoms with Gasteiger partial charge < -0.3 is 15.8 Å². The number of nitrogens with one attached hydrogen (secondary N) is 2. The molecule has 1 aromatic heterocycles. The molecule has 0 bridgehead atoms. The van der Waals surface area contributed by atoms with Crippen molar-refractivity contribution in [2.24, 2.45) is 5.73 Å². The fourth-order valence-corrected chi connectivity index (χ4v) is 1.82. The van der Waals surface area contributed by atoms with Gasteiger partial charge in [-0.15, -0.1) is 0 Å². The Morgan fingerprint density at radius 2 is 2.20 bits per heavy atom. The number of nitrogens with two attached hydrogens (primary N) is 1. The largest absolute Gasteiger partial charge is 0.483 e. The van der Waals surface area contributed by atoms with Crippen molar-refractivity contribution in [3.63, 3.8) is 0 Å². The van der Waals surface area contributed by atoms with Crippen LogP contribution in [0.5, 0.6) is 5.75 Å². The number of benzene rings is 1. The summed E-state index contributed by atoms with van der Waals surface area (Å²) < 4.78 is 5.49. The van der Waals surface area contributed by atoms with Crippen LogP contribution in [0, 0.1) is 0 Å². The van der Waals surface area contributed by atoms with Crippen molar-refractivity contribution in [1.29, 1.82) is 0 Å². The van der Waals surface area contributed by atoms with E-state index in [-0.39, 0.29) is 12.5 Å². The van der Waals surface area contributed by atoms with E-state index in [2.05, 4.69) is 15.5 Å². The molecule has 106 valence electrons. The number of nitrogens with zero attached hydrogens (tertiary/aromatic N) is 1. The minimum atomic E-state index is -0.240. The highest BCUT2D eigenvalue weighted by Gasteiger charge is 2.09. The lowest BCUT2D eigenvalue weighted by Crippen LogP contribution is -2.21. The van der Waals surface area contributed by atoms with Gasteiger partial charge in [-0.05, 0) is 12.5 Å². The molecule has 1 aromatic carbocycles. The molecule has 0 aliphatic heterocycles. The Kier molecular flexibility index (Phi) is 4.73. The zero-order valence-electron chi connectivity index (χ0n) is 11.3. The van der Waals surface area contributed by atoms with Crippen LogP contribution < -0.4 is 15.8 Å². The number of anilines is 1. The quantitative estimate of drug-likeness (QED) is 0.743. The number of aromatic amines is 1. The van der Waals surface area contributed by atoms with E-state index in [1.807, 2.05) is 25.1 Å². The monoisotopic (exact) mass is 274 g/mol. The standard InChI is InChI=1S/C14H18N4O2/c1-2-10-8-16-18-14(10)17-13(19)9-20-12-6-4-3-5-11(12)7-15/h3-6,8H,2,7,9,15H2,1H3,(H2,16,17,18,19). The highest BCUT2D eigenvalue weighted by molar-refractivity contribution is 5.91. The molecule has 6 nitrogen and oxygen atoms in total. The molecule has 4 N–H and O–H groups in total. The number of aromatic nitrogens is 2. The van der Waals surface area contributed by atoms with E-state index in [0.29, 0.717) is 18.1 Å². The Hall–Kier alpha value is -2.34. The van der Waals surface area contributed by atoms with E-state index in [4.69, 9.17) is 10.5 Å². The number of H-pyrrole nitrogens is 1. The second kappa shape index (κ2) is 6.72. The van der Waals surface area contributed by atoms with E-state index >= 15 is 0 Å². The molecule has 0 atom stereocenters. The lowest BCUT2D eigenvalue weighted by molar-refractivity contribution is -0.118. The second-order valence-corrected chi connectivity index (χ2v) is 4.27. The number of carbonyl (C=O) groups excluding carboxylic acids is 1. The number of amides is 1. The number of aryl methyl sites for hydroxylation is 1. The van der Waals surface area contributed by atoms with Gasteiger partial charge in [-0.3, -0.25) is 9.89 Å². The molecule has 0 saturated heterocycles. The van der Waals surface area contributed by atoms with Crippen LogP contribution in [-0.2, 0) is 17.8 Å². The molecule has 6 heteroatoms. The topological polar surface area (TPSA) is 93.0 Å². The van der Waals surface area contributed by atoms with Crippen molar-refractivity contribution in [3.05, 3.63) is 41.6 Å². The summed E-state index contributed by atoms with van der Waals surface area (Å²) in [6.45, 7) is 2.30. The minimum Gasteiger partial charge on any atom is -0.483 e. The highest BCUT2D eigenvalue weighted by atomic mass is 16.5. The van der Waals surface area contributed by atoms with Crippen LogP contribution in [0.15, 0.2) is 30.5 Å². The third-order valence-corrected chi connectivity index (χ3v) is 2.91. The third kappa shape index (κ3) is 3.36. The van der Waals surface area contributed by atoms with E-state index in [0.717, 1.165) is 17.5 Å². The molecular formula is C14H18N4O2. The summed E-state index contributed by atoms with van der Waals surface area (Å²) in [5, 5.41) is 9.38. The molecule has 2 aromatic rings. The third-order valence-electron chi connectivity index (χ3n) is 2.91. The first-order valence-electron chi connectivity index (χ1n) is 6.47. The van der Waals surface area contributed by atoms with Crippen LogP contribution in [0.25, 0.3) is 0 Å². The van der Waals surface area contributed by atoms with Gasteiger partial charge in [0.15, 0.2) is 6.61 Å². The summed E-state index contributed by atoms with van der Waals surface area (Å²) in [5.74, 6) is 1.01. The average Bonchev–Trinajstić information content (AvgIpc) is 2.92. The van der Waals surface area contributed by atoms with E-state index < -0.39 is 0 Å². The van der Waals surface area contributed by atoms with Crippen LogP contribution in [0.3, 0.4) is 0 Å². The second-order valence-electron chi connectivity index (χ2n) is 4.27. The van der Waals surface area contributed by atoms with Crippen LogP contribution >= 0.6 is 0 Å². The maximum Gasteiger partial charge on any atom is 0.263 e. The first-order valence-corrected chi connectivity index (χ1v) is 6.47. The van der Waals surface area contributed by atoms with Crippen LogP contribution in [0.1, 0.15) is 18.1 Å². The van der Waals surface area contributed by atoms with Crippen LogP contribution in [-0.4, -0.2) is 22.7 Å². The minimum absolute atomic E-state index is 0.0703. The Bertz CT molecular complexity index is 580. The Morgan fingerprint density at radius 1 is 1.40 bits per heavy atom. The van der Waals surface area contributed by atoms with Crippen molar-refractivity contribution in [2.45, 2.75) is 19.9 Å². The lowest BCUT2D eigenvalue weighted by atomic mass is 10.2. The maximum absolute atomic E-state index is 11.8.